The van der Waals surface area contributed by atoms with Gasteiger partial charge in [0.2, 0.25) is 0 Å². The van der Waals surface area contributed by atoms with Crippen LogP contribution in [0.3, 0.4) is 0 Å². The summed E-state index contributed by atoms with van der Waals surface area (Å²) in [6.07, 6.45) is -0.971. The molecule has 1 fully saturated rings. The van der Waals surface area contributed by atoms with Crippen LogP contribution in [0.2, 0.25) is 0 Å². The van der Waals surface area contributed by atoms with Crippen LogP contribution in [0.1, 0.15) is 13.8 Å². The van der Waals surface area contributed by atoms with Crippen LogP contribution in [-0.2, 0) is 9.53 Å². The van der Waals surface area contributed by atoms with E-state index in [1.807, 2.05) is 0 Å². The molecule has 0 saturated carbocycles. The molecule has 23 heavy (non-hydrogen) atoms. The smallest absolute Gasteiger partial charge is 0.409 e. The van der Waals surface area contributed by atoms with Crippen molar-refractivity contribution < 1.29 is 24.2 Å². The molecule has 1 unspecified atom stereocenters. The Kier molecular flexibility index (Phi) is 5.67. The van der Waals surface area contributed by atoms with Crippen molar-refractivity contribution in [3.63, 3.8) is 0 Å². The minimum absolute atomic E-state index is 0.124. The predicted octanol–water partition coefficient (Wildman–Crippen LogP) is 1.46. The van der Waals surface area contributed by atoms with Gasteiger partial charge < -0.3 is 24.4 Å². The lowest BCUT2D eigenvalue weighted by atomic mass is 10.2. The number of aromatic hydroxyl groups is 1. The molecule has 1 heterocycles. The van der Waals surface area contributed by atoms with E-state index < -0.39 is 6.10 Å². The summed E-state index contributed by atoms with van der Waals surface area (Å²) < 4.78 is 10.5. The molecule has 7 nitrogen and oxygen atoms in total. The average Bonchev–Trinajstić information content (AvgIpc) is 2.56. The highest BCUT2D eigenvalue weighted by atomic mass is 16.6. The molecular weight excluding hydrogens is 300 g/mol. The molecule has 1 aromatic rings. The van der Waals surface area contributed by atoms with E-state index in [0.717, 1.165) is 0 Å². The Labute approximate surface area is 135 Å². The van der Waals surface area contributed by atoms with E-state index in [-0.39, 0.29) is 17.7 Å². The minimum Gasteiger partial charge on any atom is -0.508 e. The number of ether oxygens (including phenoxy) is 2. The number of piperazine rings is 1. The molecule has 1 aliphatic rings. The largest absolute Gasteiger partial charge is 0.508 e. The maximum Gasteiger partial charge on any atom is 0.409 e. The number of phenols is 1. The lowest BCUT2D eigenvalue weighted by Gasteiger charge is -2.35. The van der Waals surface area contributed by atoms with Crippen molar-refractivity contribution in [1.82, 2.24) is 9.80 Å². The lowest BCUT2D eigenvalue weighted by Crippen LogP contribution is -2.53. The number of phenolic OH excluding ortho intramolecular Hbond substituents is 1. The van der Waals surface area contributed by atoms with E-state index in [1.54, 1.807) is 35.8 Å². The van der Waals surface area contributed by atoms with Crippen LogP contribution >= 0.6 is 0 Å². The molecule has 1 aliphatic heterocycles. The summed E-state index contributed by atoms with van der Waals surface area (Å²) in [5.74, 6) is 0.543. The van der Waals surface area contributed by atoms with Gasteiger partial charge in [0.05, 0.1) is 6.61 Å². The van der Waals surface area contributed by atoms with Crippen LogP contribution in [0.15, 0.2) is 24.3 Å². The van der Waals surface area contributed by atoms with Crippen molar-refractivity contribution in [1.29, 1.82) is 0 Å². The van der Waals surface area contributed by atoms with Crippen LogP contribution < -0.4 is 4.74 Å². The Balaban J connectivity index is 1.84. The summed E-state index contributed by atoms with van der Waals surface area (Å²) >= 11 is 0. The van der Waals surface area contributed by atoms with E-state index in [9.17, 15) is 14.7 Å². The Morgan fingerprint density at radius 2 is 1.70 bits per heavy atom. The average molecular weight is 322 g/mol. The van der Waals surface area contributed by atoms with Crippen molar-refractivity contribution in [3.8, 4) is 11.5 Å². The molecule has 2 rings (SSSR count). The maximum absolute atomic E-state index is 12.4. The molecule has 1 saturated heterocycles. The molecule has 1 aromatic carbocycles. The first-order chi connectivity index (χ1) is 11.0. The predicted molar refractivity (Wildman–Crippen MR) is 83.4 cm³/mol. The zero-order valence-electron chi connectivity index (χ0n) is 13.4. The van der Waals surface area contributed by atoms with Crippen molar-refractivity contribution in [2.24, 2.45) is 0 Å². The molecule has 7 heteroatoms. The first kappa shape index (κ1) is 16.9. The van der Waals surface area contributed by atoms with Crippen LogP contribution in [-0.4, -0.2) is 65.8 Å². The second-order valence-electron chi connectivity index (χ2n) is 5.27. The van der Waals surface area contributed by atoms with Crippen LogP contribution in [0.25, 0.3) is 0 Å². The third-order valence-corrected chi connectivity index (χ3v) is 3.61. The van der Waals surface area contributed by atoms with Gasteiger partial charge in [0.15, 0.2) is 6.10 Å². The molecule has 1 atom stereocenters. The van der Waals surface area contributed by atoms with Crippen molar-refractivity contribution >= 4 is 12.0 Å². The zero-order chi connectivity index (χ0) is 16.8. The van der Waals surface area contributed by atoms with E-state index in [4.69, 9.17) is 9.47 Å². The molecule has 1 N–H and O–H groups in total. The fourth-order valence-electron chi connectivity index (χ4n) is 2.36. The molecule has 0 bridgehead atoms. The Morgan fingerprint density at radius 1 is 1.13 bits per heavy atom. The van der Waals surface area contributed by atoms with Crippen LogP contribution in [0, 0.1) is 0 Å². The van der Waals surface area contributed by atoms with Gasteiger partial charge in [0.25, 0.3) is 5.91 Å². The standard InChI is InChI=1S/C16H22N2O5/c1-3-22-16(21)18-10-8-17(9-11-18)15(20)12(2)23-14-6-4-13(19)5-7-14/h4-7,12,19H,3,8-11H2,1-2H3. The van der Waals surface area contributed by atoms with Gasteiger partial charge in [-0.25, -0.2) is 4.79 Å². The highest BCUT2D eigenvalue weighted by Gasteiger charge is 2.28. The number of hydrogen-bond donors (Lipinski definition) is 1. The molecule has 0 aliphatic carbocycles. The van der Waals surface area contributed by atoms with E-state index in [1.165, 1.54) is 12.1 Å². The first-order valence-corrected chi connectivity index (χ1v) is 7.67. The summed E-state index contributed by atoms with van der Waals surface area (Å²) in [6.45, 7) is 5.62. The summed E-state index contributed by atoms with van der Waals surface area (Å²) in [6, 6.07) is 6.23. The fourth-order valence-corrected chi connectivity index (χ4v) is 2.36. The monoisotopic (exact) mass is 322 g/mol. The Bertz CT molecular complexity index is 538. The number of carbonyl (C=O) groups is 2. The highest BCUT2D eigenvalue weighted by Crippen LogP contribution is 2.18. The van der Waals surface area contributed by atoms with E-state index in [2.05, 4.69) is 0 Å². The number of benzene rings is 1. The fraction of sp³-hybridized carbons (Fsp3) is 0.500. The number of rotatable bonds is 4. The van der Waals surface area contributed by atoms with E-state index >= 15 is 0 Å². The highest BCUT2D eigenvalue weighted by molar-refractivity contribution is 5.81. The number of carbonyl (C=O) groups excluding carboxylic acids is 2. The summed E-state index contributed by atoms with van der Waals surface area (Å²) in [5, 5.41) is 9.24. The van der Waals surface area contributed by atoms with E-state index in [0.29, 0.717) is 38.5 Å². The summed E-state index contributed by atoms with van der Waals surface area (Å²) in [7, 11) is 0. The zero-order valence-corrected chi connectivity index (χ0v) is 13.4. The molecule has 0 spiro atoms. The van der Waals surface area contributed by atoms with Gasteiger partial charge in [-0.2, -0.15) is 0 Å². The number of hydrogen-bond acceptors (Lipinski definition) is 5. The van der Waals surface area contributed by atoms with Crippen molar-refractivity contribution in [2.75, 3.05) is 32.8 Å². The second-order valence-corrected chi connectivity index (χ2v) is 5.27. The second kappa shape index (κ2) is 7.71. The van der Waals surface area contributed by atoms with Crippen molar-refractivity contribution in [2.45, 2.75) is 20.0 Å². The maximum atomic E-state index is 12.4. The molecule has 126 valence electrons. The number of amides is 2. The molecular formula is C16H22N2O5. The summed E-state index contributed by atoms with van der Waals surface area (Å²) in [4.78, 5) is 27.3. The first-order valence-electron chi connectivity index (χ1n) is 7.67. The Morgan fingerprint density at radius 3 is 2.26 bits per heavy atom. The quantitative estimate of drug-likeness (QED) is 0.908. The molecule has 2 amide bonds. The lowest BCUT2D eigenvalue weighted by molar-refractivity contribution is -0.139. The van der Waals surface area contributed by atoms with Gasteiger partial charge in [0.1, 0.15) is 11.5 Å². The topological polar surface area (TPSA) is 79.3 Å². The van der Waals surface area contributed by atoms with Crippen LogP contribution in [0.5, 0.6) is 11.5 Å². The Hall–Kier alpha value is -2.44. The van der Waals surface area contributed by atoms with Gasteiger partial charge in [-0.15, -0.1) is 0 Å². The third-order valence-electron chi connectivity index (χ3n) is 3.61. The number of nitrogens with zero attached hydrogens (tertiary/aromatic N) is 2. The SMILES string of the molecule is CCOC(=O)N1CCN(C(=O)C(C)Oc2ccc(O)cc2)CC1. The van der Waals surface area contributed by atoms with Gasteiger partial charge in [0, 0.05) is 26.2 Å². The van der Waals surface area contributed by atoms with Crippen molar-refractivity contribution in [3.05, 3.63) is 24.3 Å². The van der Waals surface area contributed by atoms with Gasteiger partial charge >= 0.3 is 6.09 Å². The van der Waals surface area contributed by atoms with Crippen LogP contribution in [0.4, 0.5) is 4.79 Å². The molecule has 0 radical (unpaired) electrons. The third kappa shape index (κ3) is 4.51. The van der Waals surface area contributed by atoms with Gasteiger partial charge in [-0.05, 0) is 38.1 Å². The van der Waals surface area contributed by atoms with Gasteiger partial charge in [-0.1, -0.05) is 0 Å². The summed E-state index contributed by atoms with van der Waals surface area (Å²) in [5.41, 5.74) is 0. The minimum atomic E-state index is -0.631. The molecule has 0 aromatic heterocycles. The van der Waals surface area contributed by atoms with Gasteiger partial charge in [-0.3, -0.25) is 4.79 Å². The normalized spacial score (nSPS) is 15.9.